The predicted octanol–water partition coefficient (Wildman–Crippen LogP) is 1.12. The molecule has 0 aliphatic heterocycles. The first-order valence-electron chi connectivity index (χ1n) is 4.91. The summed E-state index contributed by atoms with van der Waals surface area (Å²) in [5.41, 5.74) is 2.11. The molecule has 0 aliphatic rings. The van der Waals surface area contributed by atoms with Crippen LogP contribution in [0.3, 0.4) is 0 Å². The lowest BCUT2D eigenvalue weighted by Crippen LogP contribution is -2.17. The quantitative estimate of drug-likeness (QED) is 0.812. The van der Waals surface area contributed by atoms with E-state index in [-0.39, 0.29) is 5.56 Å². The van der Waals surface area contributed by atoms with Crippen molar-refractivity contribution < 1.29 is 0 Å². The number of aromatic nitrogens is 3. The average Bonchev–Trinajstić information content (AvgIpc) is 2.56. The molecule has 0 atom stereocenters. The molecule has 0 aromatic carbocycles. The van der Waals surface area contributed by atoms with Gasteiger partial charge in [0.25, 0.3) is 5.56 Å². The highest BCUT2D eigenvalue weighted by Gasteiger charge is 1.99. The second kappa shape index (κ2) is 4.13. The van der Waals surface area contributed by atoms with E-state index < -0.39 is 0 Å². The Hall–Kier alpha value is -1.84. The van der Waals surface area contributed by atoms with Gasteiger partial charge in [-0.15, -0.1) is 0 Å². The predicted molar refractivity (Wildman–Crippen MR) is 57.7 cm³/mol. The number of H-pyrrole nitrogens is 1. The number of nitrogens with zero attached hydrogens (tertiary/aromatic N) is 2. The lowest BCUT2D eigenvalue weighted by molar-refractivity contribution is 0.592. The fourth-order valence-corrected chi connectivity index (χ4v) is 1.52. The van der Waals surface area contributed by atoms with Crippen molar-refractivity contribution in [2.75, 3.05) is 0 Å². The molecule has 0 spiro atoms. The van der Waals surface area contributed by atoms with Gasteiger partial charge in [-0.25, -0.2) is 0 Å². The maximum absolute atomic E-state index is 11.4. The van der Waals surface area contributed by atoms with Crippen LogP contribution >= 0.6 is 0 Å². The minimum absolute atomic E-state index is 0.0292. The van der Waals surface area contributed by atoms with Crippen LogP contribution in [0, 0.1) is 6.92 Å². The Balaban J connectivity index is 2.05. The number of hydrogen-bond donors (Lipinski definition) is 1. The third-order valence-corrected chi connectivity index (χ3v) is 2.29. The largest absolute Gasteiger partial charge is 0.300 e. The summed E-state index contributed by atoms with van der Waals surface area (Å²) in [5, 5.41) is 3.00. The molecular weight excluding hydrogens is 190 g/mol. The van der Waals surface area contributed by atoms with Gasteiger partial charge in [-0.2, -0.15) is 0 Å². The molecule has 0 radical (unpaired) electrons. The van der Waals surface area contributed by atoms with E-state index in [1.165, 1.54) is 5.56 Å². The summed E-state index contributed by atoms with van der Waals surface area (Å²) in [4.78, 5) is 15.3. The van der Waals surface area contributed by atoms with Crippen LogP contribution in [-0.4, -0.2) is 14.8 Å². The second-order valence-electron chi connectivity index (χ2n) is 3.53. The lowest BCUT2D eigenvalue weighted by atomic mass is 10.2. The van der Waals surface area contributed by atoms with Gasteiger partial charge in [0.15, 0.2) is 0 Å². The van der Waals surface area contributed by atoms with Gasteiger partial charge in [0.1, 0.15) is 0 Å². The SMILES string of the molecule is Cc1cc(=O)n(CCc2ccncc2)[nH]1. The van der Waals surface area contributed by atoms with Crippen molar-refractivity contribution in [3.63, 3.8) is 0 Å². The van der Waals surface area contributed by atoms with Gasteiger partial charge >= 0.3 is 0 Å². The standard InChI is InChI=1S/C11H13N3O/c1-9-8-11(15)14(13-9)7-4-10-2-5-12-6-3-10/h2-3,5-6,8,13H,4,7H2,1H3. The van der Waals surface area contributed by atoms with Gasteiger partial charge < -0.3 is 0 Å². The molecule has 4 nitrogen and oxygen atoms in total. The van der Waals surface area contributed by atoms with E-state index in [0.29, 0.717) is 6.54 Å². The highest BCUT2D eigenvalue weighted by atomic mass is 16.1. The summed E-state index contributed by atoms with van der Waals surface area (Å²) in [7, 11) is 0. The number of aryl methyl sites for hydroxylation is 3. The Morgan fingerprint density at radius 3 is 2.73 bits per heavy atom. The highest BCUT2D eigenvalue weighted by Crippen LogP contribution is 1.98. The Kier molecular flexibility index (Phi) is 2.67. The second-order valence-corrected chi connectivity index (χ2v) is 3.53. The van der Waals surface area contributed by atoms with Crippen molar-refractivity contribution in [2.24, 2.45) is 0 Å². The zero-order valence-electron chi connectivity index (χ0n) is 8.60. The van der Waals surface area contributed by atoms with E-state index in [1.807, 2.05) is 19.1 Å². The van der Waals surface area contributed by atoms with Gasteiger partial charge in [0, 0.05) is 30.7 Å². The summed E-state index contributed by atoms with van der Waals surface area (Å²) < 4.78 is 1.62. The molecular formula is C11H13N3O. The third kappa shape index (κ3) is 2.34. The molecule has 0 amide bonds. The lowest BCUT2D eigenvalue weighted by Gasteiger charge is -2.01. The highest BCUT2D eigenvalue weighted by molar-refractivity contribution is 5.09. The Bertz CT molecular complexity index is 484. The van der Waals surface area contributed by atoms with Gasteiger partial charge in [0.2, 0.25) is 0 Å². The van der Waals surface area contributed by atoms with Gasteiger partial charge in [-0.3, -0.25) is 19.6 Å². The van der Waals surface area contributed by atoms with Crippen molar-refractivity contribution in [1.29, 1.82) is 0 Å². The number of pyridine rings is 1. The zero-order chi connectivity index (χ0) is 10.7. The molecule has 15 heavy (non-hydrogen) atoms. The van der Waals surface area contributed by atoms with Crippen LogP contribution < -0.4 is 5.56 Å². The molecule has 1 N–H and O–H groups in total. The smallest absolute Gasteiger partial charge is 0.266 e. The van der Waals surface area contributed by atoms with E-state index in [1.54, 1.807) is 23.1 Å². The molecule has 0 fully saturated rings. The maximum Gasteiger partial charge on any atom is 0.266 e. The normalized spacial score (nSPS) is 10.5. The van der Waals surface area contributed by atoms with Crippen LogP contribution in [0.1, 0.15) is 11.3 Å². The van der Waals surface area contributed by atoms with Crippen LogP contribution in [0.5, 0.6) is 0 Å². The first-order valence-corrected chi connectivity index (χ1v) is 4.91. The Morgan fingerprint density at radius 2 is 2.13 bits per heavy atom. The molecule has 2 rings (SSSR count). The van der Waals surface area contributed by atoms with Crippen LogP contribution in [0.2, 0.25) is 0 Å². The first-order chi connectivity index (χ1) is 7.25. The summed E-state index contributed by atoms with van der Waals surface area (Å²) in [6.45, 7) is 2.56. The first kappa shape index (κ1) is 9.71. The van der Waals surface area contributed by atoms with Crippen molar-refractivity contribution in [3.8, 4) is 0 Å². The van der Waals surface area contributed by atoms with E-state index in [4.69, 9.17) is 0 Å². The summed E-state index contributed by atoms with van der Waals surface area (Å²) in [6, 6.07) is 5.52. The van der Waals surface area contributed by atoms with Gasteiger partial charge in [-0.1, -0.05) is 0 Å². The molecule has 0 aliphatic carbocycles. The monoisotopic (exact) mass is 203 g/mol. The number of nitrogens with one attached hydrogen (secondary N) is 1. The minimum Gasteiger partial charge on any atom is -0.300 e. The molecule has 78 valence electrons. The van der Waals surface area contributed by atoms with Crippen LogP contribution in [-0.2, 0) is 13.0 Å². The number of rotatable bonds is 3. The molecule has 0 bridgehead atoms. The van der Waals surface area contributed by atoms with E-state index in [2.05, 4.69) is 10.1 Å². The average molecular weight is 203 g/mol. The molecule has 4 heteroatoms. The maximum atomic E-state index is 11.4. The van der Waals surface area contributed by atoms with Crippen molar-refractivity contribution >= 4 is 0 Å². The fourth-order valence-electron chi connectivity index (χ4n) is 1.52. The summed E-state index contributed by atoms with van der Waals surface area (Å²) in [5.74, 6) is 0. The molecule has 0 saturated heterocycles. The van der Waals surface area contributed by atoms with Gasteiger partial charge in [0.05, 0.1) is 0 Å². The van der Waals surface area contributed by atoms with Gasteiger partial charge in [-0.05, 0) is 31.0 Å². The minimum atomic E-state index is 0.0292. The van der Waals surface area contributed by atoms with E-state index in [0.717, 1.165) is 12.1 Å². The van der Waals surface area contributed by atoms with Crippen LogP contribution in [0.25, 0.3) is 0 Å². The molecule has 2 aromatic heterocycles. The summed E-state index contributed by atoms with van der Waals surface area (Å²) >= 11 is 0. The fraction of sp³-hybridized carbons (Fsp3) is 0.273. The van der Waals surface area contributed by atoms with Crippen LogP contribution in [0.15, 0.2) is 35.4 Å². The Morgan fingerprint density at radius 1 is 1.40 bits per heavy atom. The number of aromatic amines is 1. The number of hydrogen-bond acceptors (Lipinski definition) is 2. The van der Waals surface area contributed by atoms with Crippen molar-refractivity contribution in [3.05, 3.63) is 52.2 Å². The Labute approximate surface area is 87.6 Å². The third-order valence-electron chi connectivity index (χ3n) is 2.29. The van der Waals surface area contributed by atoms with Crippen molar-refractivity contribution in [2.45, 2.75) is 19.9 Å². The zero-order valence-corrected chi connectivity index (χ0v) is 8.60. The van der Waals surface area contributed by atoms with Crippen molar-refractivity contribution in [1.82, 2.24) is 14.8 Å². The topological polar surface area (TPSA) is 50.7 Å². The van der Waals surface area contributed by atoms with E-state index in [9.17, 15) is 4.79 Å². The molecule has 0 unspecified atom stereocenters. The molecule has 0 saturated carbocycles. The van der Waals surface area contributed by atoms with Crippen LogP contribution in [0.4, 0.5) is 0 Å². The molecule has 2 aromatic rings. The molecule has 2 heterocycles. The summed E-state index contributed by atoms with van der Waals surface area (Å²) in [6.07, 6.45) is 4.36. The van der Waals surface area contributed by atoms with E-state index >= 15 is 0 Å².